The topological polar surface area (TPSA) is 51.7 Å². The zero-order valence-corrected chi connectivity index (χ0v) is 7.91. The smallest absolute Gasteiger partial charge is 0.0483 e. The first-order chi connectivity index (χ1) is 5.13. The minimum absolute atomic E-state index is 0. The van der Waals surface area contributed by atoms with Crippen molar-refractivity contribution in [1.29, 1.82) is 0 Å². The van der Waals surface area contributed by atoms with Crippen LogP contribution in [0.5, 0.6) is 0 Å². The highest BCUT2D eigenvalue weighted by atomic mass is 16.3. The van der Waals surface area contributed by atoms with Crippen molar-refractivity contribution >= 4 is 0 Å². The van der Waals surface area contributed by atoms with Gasteiger partial charge in [0.15, 0.2) is 0 Å². The van der Waals surface area contributed by atoms with Crippen molar-refractivity contribution in [1.82, 2.24) is 0 Å². The monoisotopic (exact) mass is 170 g/mol. The number of aliphatic hydroxyl groups is 1. The van der Waals surface area contributed by atoms with Crippen LogP contribution in [0.1, 0.15) is 19.4 Å². The van der Waals surface area contributed by atoms with E-state index in [1.54, 1.807) is 13.8 Å². The minimum atomic E-state index is -0.167. The Kier molecular flexibility index (Phi) is 9.41. The van der Waals surface area contributed by atoms with Gasteiger partial charge in [0, 0.05) is 6.10 Å². The molecule has 2 nitrogen and oxygen atoms in total. The van der Waals surface area contributed by atoms with Gasteiger partial charge in [0.1, 0.15) is 0 Å². The third-order valence-corrected chi connectivity index (χ3v) is 0.940. The number of hydrogen-bond acceptors (Lipinski definition) is 1. The number of aryl methyl sites for hydroxylation is 1. The molecule has 70 valence electrons. The average molecular weight is 170 g/mol. The van der Waals surface area contributed by atoms with E-state index < -0.39 is 0 Å². The second-order valence-corrected chi connectivity index (χ2v) is 2.75. The Morgan fingerprint density at radius 2 is 1.42 bits per heavy atom. The third kappa shape index (κ3) is 11.9. The van der Waals surface area contributed by atoms with Gasteiger partial charge in [0.25, 0.3) is 0 Å². The Balaban J connectivity index is 0. The van der Waals surface area contributed by atoms with Crippen LogP contribution >= 0.6 is 0 Å². The fraction of sp³-hybridized carbons (Fsp3) is 0.400. The summed E-state index contributed by atoms with van der Waals surface area (Å²) in [6.45, 7) is 5.53. The summed E-state index contributed by atoms with van der Waals surface area (Å²) in [6.07, 6.45) is -0.167. The molecule has 0 heterocycles. The maximum Gasteiger partial charge on any atom is 0.0483 e. The molecule has 1 rings (SSSR count). The van der Waals surface area contributed by atoms with Crippen LogP contribution in [0, 0.1) is 6.92 Å². The van der Waals surface area contributed by atoms with Gasteiger partial charge in [-0.25, -0.2) is 0 Å². The van der Waals surface area contributed by atoms with Gasteiger partial charge in [-0.05, 0) is 20.8 Å². The molecule has 0 bridgehead atoms. The van der Waals surface area contributed by atoms with E-state index in [1.807, 2.05) is 18.2 Å². The van der Waals surface area contributed by atoms with Gasteiger partial charge in [0.05, 0.1) is 0 Å². The first kappa shape index (κ1) is 13.7. The highest BCUT2D eigenvalue weighted by Gasteiger charge is 1.72. The van der Waals surface area contributed by atoms with Crippen molar-refractivity contribution in [3.05, 3.63) is 35.9 Å². The average Bonchev–Trinajstić information content (AvgIpc) is 1.87. The van der Waals surface area contributed by atoms with Gasteiger partial charge in [-0.3, -0.25) is 0 Å². The van der Waals surface area contributed by atoms with Crippen LogP contribution in [-0.2, 0) is 0 Å². The van der Waals surface area contributed by atoms with Crippen LogP contribution < -0.4 is 0 Å². The fourth-order valence-corrected chi connectivity index (χ4v) is 0.534. The van der Waals surface area contributed by atoms with E-state index in [0.29, 0.717) is 0 Å². The van der Waals surface area contributed by atoms with E-state index in [0.717, 1.165) is 0 Å². The van der Waals surface area contributed by atoms with Gasteiger partial charge >= 0.3 is 0 Å². The number of hydrogen-bond donors (Lipinski definition) is 1. The molecule has 3 N–H and O–H groups in total. The lowest BCUT2D eigenvalue weighted by atomic mass is 10.2. The summed E-state index contributed by atoms with van der Waals surface area (Å²) in [5.41, 5.74) is 1.32. The molecule has 0 aromatic heterocycles. The molecule has 1 aromatic carbocycles. The van der Waals surface area contributed by atoms with E-state index in [9.17, 15) is 0 Å². The molecule has 0 radical (unpaired) electrons. The third-order valence-electron chi connectivity index (χ3n) is 0.940. The van der Waals surface area contributed by atoms with Gasteiger partial charge in [-0.2, -0.15) is 0 Å². The Labute approximate surface area is 74.2 Å². The zero-order chi connectivity index (χ0) is 8.69. The fourth-order valence-electron chi connectivity index (χ4n) is 0.534. The van der Waals surface area contributed by atoms with Gasteiger partial charge in [-0.15, -0.1) is 0 Å². The maximum absolute atomic E-state index is 8.06. The van der Waals surface area contributed by atoms with Gasteiger partial charge < -0.3 is 10.6 Å². The number of rotatable bonds is 0. The summed E-state index contributed by atoms with van der Waals surface area (Å²) in [7, 11) is 0. The van der Waals surface area contributed by atoms with Crippen molar-refractivity contribution < 1.29 is 10.6 Å². The van der Waals surface area contributed by atoms with Crippen molar-refractivity contribution in [2.24, 2.45) is 0 Å². The predicted octanol–water partition coefficient (Wildman–Crippen LogP) is 1.56. The van der Waals surface area contributed by atoms with E-state index in [2.05, 4.69) is 19.1 Å². The Hall–Kier alpha value is -0.860. The molecule has 0 unspecified atom stereocenters. The summed E-state index contributed by atoms with van der Waals surface area (Å²) >= 11 is 0. The Morgan fingerprint density at radius 3 is 1.58 bits per heavy atom. The lowest BCUT2D eigenvalue weighted by Gasteiger charge is -1.82. The Bertz CT molecular complexity index is 168. The summed E-state index contributed by atoms with van der Waals surface area (Å²) in [4.78, 5) is 0. The quantitative estimate of drug-likeness (QED) is 0.631. The Morgan fingerprint density at radius 1 is 1.08 bits per heavy atom. The van der Waals surface area contributed by atoms with E-state index in [4.69, 9.17) is 5.11 Å². The van der Waals surface area contributed by atoms with Crippen LogP contribution in [-0.4, -0.2) is 16.7 Å². The first-order valence-corrected chi connectivity index (χ1v) is 3.82. The van der Waals surface area contributed by atoms with Crippen molar-refractivity contribution in [3.8, 4) is 0 Å². The molecular weight excluding hydrogens is 152 g/mol. The van der Waals surface area contributed by atoms with Crippen LogP contribution in [0.2, 0.25) is 0 Å². The van der Waals surface area contributed by atoms with Gasteiger partial charge in [-0.1, -0.05) is 35.9 Å². The normalized spacial score (nSPS) is 8.08. The molecule has 0 fully saturated rings. The SMILES string of the molecule is CC(C)O.Cc1ccccc1.O. The standard InChI is InChI=1S/C7H8.C3H8O.H2O/c1-7-5-3-2-4-6-7;1-3(2)4;/h2-6H,1H3;3-4H,1-2H3;1H2. The second-order valence-electron chi connectivity index (χ2n) is 2.75. The van der Waals surface area contributed by atoms with E-state index >= 15 is 0 Å². The largest absolute Gasteiger partial charge is 0.412 e. The molecule has 0 aliphatic heterocycles. The highest BCUT2D eigenvalue weighted by Crippen LogP contribution is 1.92. The van der Waals surface area contributed by atoms with E-state index in [1.165, 1.54) is 5.56 Å². The molecule has 0 aliphatic carbocycles. The minimum Gasteiger partial charge on any atom is -0.412 e. The van der Waals surface area contributed by atoms with Crippen LogP contribution in [0.25, 0.3) is 0 Å². The van der Waals surface area contributed by atoms with Gasteiger partial charge in [0.2, 0.25) is 0 Å². The highest BCUT2D eigenvalue weighted by molar-refractivity contribution is 5.11. The summed E-state index contributed by atoms with van der Waals surface area (Å²) in [6, 6.07) is 10.3. The summed E-state index contributed by atoms with van der Waals surface area (Å²) in [5.74, 6) is 0. The van der Waals surface area contributed by atoms with Crippen molar-refractivity contribution in [3.63, 3.8) is 0 Å². The van der Waals surface area contributed by atoms with Crippen molar-refractivity contribution in [2.45, 2.75) is 26.9 Å². The van der Waals surface area contributed by atoms with Crippen LogP contribution in [0.4, 0.5) is 0 Å². The number of benzene rings is 1. The molecule has 0 amide bonds. The first-order valence-electron chi connectivity index (χ1n) is 3.82. The van der Waals surface area contributed by atoms with E-state index in [-0.39, 0.29) is 11.6 Å². The molecule has 0 saturated heterocycles. The molecule has 0 aliphatic rings. The van der Waals surface area contributed by atoms with Crippen molar-refractivity contribution in [2.75, 3.05) is 0 Å². The van der Waals surface area contributed by atoms with Crippen LogP contribution in [0.15, 0.2) is 30.3 Å². The molecular formula is C10H18O2. The zero-order valence-electron chi connectivity index (χ0n) is 7.91. The predicted molar refractivity (Wildman–Crippen MR) is 52.1 cm³/mol. The van der Waals surface area contributed by atoms with Crippen LogP contribution in [0.3, 0.4) is 0 Å². The molecule has 12 heavy (non-hydrogen) atoms. The maximum atomic E-state index is 8.06. The lowest BCUT2D eigenvalue weighted by Crippen LogP contribution is -1.85. The second kappa shape index (κ2) is 8.24. The summed E-state index contributed by atoms with van der Waals surface area (Å²) < 4.78 is 0. The molecule has 0 atom stereocenters. The number of aliphatic hydroxyl groups excluding tert-OH is 1. The lowest BCUT2D eigenvalue weighted by molar-refractivity contribution is 0.216. The molecule has 2 heteroatoms. The molecule has 0 spiro atoms. The molecule has 1 aromatic rings. The summed E-state index contributed by atoms with van der Waals surface area (Å²) in [5, 5.41) is 8.06. The molecule has 0 saturated carbocycles.